The molecule has 0 amide bonds. The highest BCUT2D eigenvalue weighted by atomic mass is 35.5. The molecule has 0 fully saturated rings. The molecular weight excluding hydrogens is 257 g/mol. The van der Waals surface area contributed by atoms with Gasteiger partial charge in [-0.3, -0.25) is 0 Å². The molecule has 1 aromatic heterocycles. The van der Waals surface area contributed by atoms with Crippen molar-refractivity contribution in [2.45, 2.75) is 6.92 Å². The van der Waals surface area contributed by atoms with Gasteiger partial charge in [0.15, 0.2) is 0 Å². The van der Waals surface area contributed by atoms with Crippen LogP contribution in [0.25, 0.3) is 11.3 Å². The molecule has 0 atom stereocenters. The molecule has 0 aliphatic rings. The predicted molar refractivity (Wildman–Crippen MR) is 67.5 cm³/mol. The molecule has 2 aromatic rings. The number of aryl methyl sites for hydroxylation is 1. The molecule has 94 valence electrons. The fourth-order valence-corrected chi connectivity index (χ4v) is 2.29. The zero-order valence-electron chi connectivity index (χ0n) is 9.87. The van der Waals surface area contributed by atoms with Crippen molar-refractivity contribution in [2.24, 2.45) is 7.05 Å². The number of halogens is 2. The van der Waals surface area contributed by atoms with E-state index in [0.29, 0.717) is 16.8 Å². The van der Waals surface area contributed by atoms with E-state index in [4.69, 9.17) is 16.7 Å². The summed E-state index contributed by atoms with van der Waals surface area (Å²) in [7, 11) is 1.73. The van der Waals surface area contributed by atoms with E-state index in [1.807, 2.05) is 0 Å². The topological polar surface area (TPSA) is 42.2 Å². The van der Waals surface area contributed by atoms with Crippen LogP contribution in [-0.4, -0.2) is 15.6 Å². The van der Waals surface area contributed by atoms with E-state index in [0.717, 1.165) is 0 Å². The van der Waals surface area contributed by atoms with E-state index < -0.39 is 11.8 Å². The summed E-state index contributed by atoms with van der Waals surface area (Å²) in [5.74, 6) is -1.42. The maximum absolute atomic E-state index is 13.0. The van der Waals surface area contributed by atoms with Gasteiger partial charge in [0.05, 0.1) is 16.3 Å². The fraction of sp³-hybridized carbons (Fsp3) is 0.154. The van der Waals surface area contributed by atoms with E-state index in [-0.39, 0.29) is 10.6 Å². The summed E-state index contributed by atoms with van der Waals surface area (Å²) < 4.78 is 14.7. The van der Waals surface area contributed by atoms with Gasteiger partial charge in [-0.1, -0.05) is 11.6 Å². The first-order chi connectivity index (χ1) is 8.41. The molecule has 1 N–H and O–H groups in total. The Morgan fingerprint density at radius 2 is 2.11 bits per heavy atom. The van der Waals surface area contributed by atoms with Crippen LogP contribution in [0.15, 0.2) is 24.4 Å². The lowest BCUT2D eigenvalue weighted by Crippen LogP contribution is -1.96. The third-order valence-corrected chi connectivity index (χ3v) is 3.16. The highest BCUT2D eigenvalue weighted by molar-refractivity contribution is 6.33. The van der Waals surface area contributed by atoms with Crippen LogP contribution < -0.4 is 0 Å². The number of carboxylic acids is 1. The number of nitrogens with zero attached hydrogens (tertiary/aromatic N) is 1. The Morgan fingerprint density at radius 3 is 2.61 bits per heavy atom. The quantitative estimate of drug-likeness (QED) is 0.905. The van der Waals surface area contributed by atoms with E-state index in [9.17, 15) is 9.18 Å². The summed E-state index contributed by atoms with van der Waals surface area (Å²) >= 11 is 6.00. The molecule has 0 aliphatic heterocycles. The summed E-state index contributed by atoms with van der Waals surface area (Å²) in [6.45, 7) is 1.71. The van der Waals surface area contributed by atoms with Gasteiger partial charge >= 0.3 is 5.97 Å². The summed E-state index contributed by atoms with van der Waals surface area (Å²) in [6, 6.07) is 4.06. The maximum atomic E-state index is 13.0. The van der Waals surface area contributed by atoms with Crippen molar-refractivity contribution in [3.8, 4) is 11.3 Å². The molecule has 2 rings (SSSR count). The second-order valence-electron chi connectivity index (χ2n) is 4.06. The first-order valence-corrected chi connectivity index (χ1v) is 5.64. The second-order valence-corrected chi connectivity index (χ2v) is 4.46. The average molecular weight is 268 g/mol. The zero-order valence-corrected chi connectivity index (χ0v) is 10.6. The normalized spacial score (nSPS) is 10.7. The summed E-state index contributed by atoms with van der Waals surface area (Å²) in [6.07, 6.45) is 1.52. The van der Waals surface area contributed by atoms with Crippen LogP contribution >= 0.6 is 11.6 Å². The Bertz CT molecular complexity index is 634. The SMILES string of the molecule is Cc1c(C(=O)O)cn(C)c1-c1ccc(F)cc1Cl. The lowest BCUT2D eigenvalue weighted by atomic mass is 10.1. The van der Waals surface area contributed by atoms with Crippen molar-refractivity contribution in [3.05, 3.63) is 46.4 Å². The van der Waals surface area contributed by atoms with Crippen LogP contribution in [0, 0.1) is 12.7 Å². The molecule has 3 nitrogen and oxygen atoms in total. The van der Waals surface area contributed by atoms with Gasteiger partial charge in [-0.25, -0.2) is 9.18 Å². The Kier molecular flexibility index (Phi) is 3.13. The Labute approximate surface area is 108 Å². The second kappa shape index (κ2) is 4.46. The van der Waals surface area contributed by atoms with Gasteiger partial charge in [0.1, 0.15) is 5.82 Å². The molecule has 1 heterocycles. The van der Waals surface area contributed by atoms with E-state index in [2.05, 4.69) is 0 Å². The van der Waals surface area contributed by atoms with Gasteiger partial charge in [0.2, 0.25) is 0 Å². The number of hydrogen-bond donors (Lipinski definition) is 1. The van der Waals surface area contributed by atoms with Crippen molar-refractivity contribution >= 4 is 17.6 Å². The molecule has 0 unspecified atom stereocenters. The molecule has 0 spiro atoms. The first-order valence-electron chi connectivity index (χ1n) is 5.26. The fourth-order valence-electron chi connectivity index (χ4n) is 2.04. The Morgan fingerprint density at radius 1 is 1.44 bits per heavy atom. The van der Waals surface area contributed by atoms with Gasteiger partial charge in [0, 0.05) is 18.8 Å². The highest BCUT2D eigenvalue weighted by Crippen LogP contribution is 2.32. The minimum absolute atomic E-state index is 0.216. The van der Waals surface area contributed by atoms with Gasteiger partial charge in [0.25, 0.3) is 0 Å². The van der Waals surface area contributed by atoms with Crippen molar-refractivity contribution in [2.75, 3.05) is 0 Å². The maximum Gasteiger partial charge on any atom is 0.337 e. The van der Waals surface area contributed by atoms with Gasteiger partial charge < -0.3 is 9.67 Å². The molecule has 0 saturated heterocycles. The average Bonchev–Trinajstić information content (AvgIpc) is 2.56. The van der Waals surface area contributed by atoms with Crippen LogP contribution in [0.1, 0.15) is 15.9 Å². The monoisotopic (exact) mass is 267 g/mol. The minimum Gasteiger partial charge on any atom is -0.478 e. The number of carbonyl (C=O) groups is 1. The van der Waals surface area contributed by atoms with Gasteiger partial charge in [-0.05, 0) is 30.7 Å². The number of aromatic carboxylic acids is 1. The Hall–Kier alpha value is -1.81. The lowest BCUT2D eigenvalue weighted by molar-refractivity contribution is 0.0696. The summed E-state index contributed by atoms with van der Waals surface area (Å²) in [5, 5.41) is 9.32. The first kappa shape index (κ1) is 12.6. The number of rotatable bonds is 2. The molecule has 5 heteroatoms. The smallest absolute Gasteiger partial charge is 0.337 e. The van der Waals surface area contributed by atoms with Crippen molar-refractivity contribution in [1.29, 1.82) is 0 Å². The van der Waals surface area contributed by atoms with Crippen LogP contribution in [-0.2, 0) is 7.05 Å². The van der Waals surface area contributed by atoms with Gasteiger partial charge in [-0.2, -0.15) is 0 Å². The van der Waals surface area contributed by atoms with E-state index >= 15 is 0 Å². The predicted octanol–water partition coefficient (Wildman–Crippen LogP) is 3.49. The number of aromatic nitrogens is 1. The van der Waals surface area contributed by atoms with Crippen molar-refractivity contribution in [1.82, 2.24) is 4.57 Å². The molecule has 18 heavy (non-hydrogen) atoms. The highest BCUT2D eigenvalue weighted by Gasteiger charge is 2.18. The Balaban J connectivity index is 2.68. The molecule has 0 saturated carbocycles. The van der Waals surface area contributed by atoms with Crippen LogP contribution in [0.5, 0.6) is 0 Å². The lowest BCUT2D eigenvalue weighted by Gasteiger charge is -2.07. The number of benzene rings is 1. The van der Waals surface area contributed by atoms with E-state index in [1.54, 1.807) is 24.6 Å². The standard InChI is InChI=1S/C13H11ClFNO2/c1-7-10(13(17)18)6-16(2)12(7)9-4-3-8(15)5-11(9)14/h3-6H,1-2H3,(H,17,18). The molecule has 1 aromatic carbocycles. The number of carboxylic acid groups (broad SMARTS) is 1. The molecule has 0 aliphatic carbocycles. The third-order valence-electron chi connectivity index (χ3n) is 2.85. The van der Waals surface area contributed by atoms with Crippen LogP contribution in [0.4, 0.5) is 4.39 Å². The minimum atomic E-state index is -0.993. The zero-order chi connectivity index (χ0) is 13.4. The number of hydrogen-bond acceptors (Lipinski definition) is 1. The van der Waals surface area contributed by atoms with Crippen molar-refractivity contribution < 1.29 is 14.3 Å². The third kappa shape index (κ3) is 1.99. The van der Waals surface area contributed by atoms with Crippen LogP contribution in [0.2, 0.25) is 5.02 Å². The van der Waals surface area contributed by atoms with Gasteiger partial charge in [-0.15, -0.1) is 0 Å². The van der Waals surface area contributed by atoms with Crippen molar-refractivity contribution in [3.63, 3.8) is 0 Å². The van der Waals surface area contributed by atoms with E-state index in [1.165, 1.54) is 18.3 Å². The summed E-state index contributed by atoms with van der Waals surface area (Å²) in [4.78, 5) is 11.1. The molecular formula is C13H11ClFNO2. The van der Waals surface area contributed by atoms with Crippen LogP contribution in [0.3, 0.4) is 0 Å². The molecule has 0 radical (unpaired) electrons. The summed E-state index contributed by atoms with van der Waals surface area (Å²) in [5.41, 5.74) is 2.12. The molecule has 0 bridgehead atoms. The largest absolute Gasteiger partial charge is 0.478 e.